The summed E-state index contributed by atoms with van der Waals surface area (Å²) in [5.41, 5.74) is -1.61. The summed E-state index contributed by atoms with van der Waals surface area (Å²) in [6.07, 6.45) is 1.08. The van der Waals surface area contributed by atoms with E-state index in [1.165, 1.54) is 0 Å². The van der Waals surface area contributed by atoms with Gasteiger partial charge in [0, 0.05) is 73.8 Å². The number of likely N-dealkylation sites (tertiary alicyclic amines) is 1. The fourth-order valence-corrected chi connectivity index (χ4v) is 7.52. The first-order chi connectivity index (χ1) is 23.6. The highest BCUT2D eigenvalue weighted by Crippen LogP contribution is 2.40. The van der Waals surface area contributed by atoms with Gasteiger partial charge in [0.1, 0.15) is 0 Å². The first kappa shape index (κ1) is 37.1. The van der Waals surface area contributed by atoms with Crippen molar-refractivity contribution >= 4 is 17.8 Å². The number of anilines is 1. The summed E-state index contributed by atoms with van der Waals surface area (Å²) in [5.74, 6) is -0.871. The summed E-state index contributed by atoms with van der Waals surface area (Å²) >= 11 is 0. The van der Waals surface area contributed by atoms with Crippen LogP contribution >= 0.6 is 0 Å². The van der Waals surface area contributed by atoms with Gasteiger partial charge < -0.3 is 14.9 Å². The molecule has 1 aliphatic heterocycles. The first-order valence-corrected chi connectivity index (χ1v) is 17.0. The summed E-state index contributed by atoms with van der Waals surface area (Å²) < 4.78 is 84.6. The number of alkyl halides is 6. The van der Waals surface area contributed by atoms with E-state index >= 15 is 0 Å². The third-order valence-corrected chi connectivity index (χ3v) is 10.1. The number of halogens is 6. The SMILES string of the molecule is CC[C@@H]1CC(N(Cc2cc(C(F)(F)F)cc(C(F)(F)F)c2)c2ncc(-c3cnn(C)c3)cn2)C[C@H](CC)N1C(=O)[C@H]1CC[C@H](CC(=O)O)CC1. The summed E-state index contributed by atoms with van der Waals surface area (Å²) in [4.78, 5) is 38.0. The number of hydrogen-bond acceptors (Lipinski definition) is 6. The molecule has 0 bridgehead atoms. The number of nitrogens with zero attached hydrogens (tertiary/aromatic N) is 6. The third kappa shape index (κ3) is 8.58. The van der Waals surface area contributed by atoms with E-state index in [2.05, 4.69) is 15.1 Å². The smallest absolute Gasteiger partial charge is 0.416 e. The van der Waals surface area contributed by atoms with Gasteiger partial charge >= 0.3 is 18.3 Å². The molecular formula is C35H42F6N6O3. The quantitative estimate of drug-likeness (QED) is 0.215. The molecule has 1 amide bonds. The zero-order valence-corrected chi connectivity index (χ0v) is 28.2. The molecule has 3 heterocycles. The Balaban J connectivity index is 1.47. The van der Waals surface area contributed by atoms with Crippen LogP contribution in [0.1, 0.15) is 88.3 Å². The maximum absolute atomic E-state index is 14.0. The molecule has 50 heavy (non-hydrogen) atoms. The minimum atomic E-state index is -5.00. The van der Waals surface area contributed by atoms with Crippen molar-refractivity contribution in [2.75, 3.05) is 4.90 Å². The van der Waals surface area contributed by atoms with E-state index in [1.54, 1.807) is 41.4 Å². The van der Waals surface area contributed by atoms with Crippen LogP contribution in [0.4, 0.5) is 32.3 Å². The van der Waals surface area contributed by atoms with Gasteiger partial charge in [-0.1, -0.05) is 13.8 Å². The summed E-state index contributed by atoms with van der Waals surface area (Å²) in [6, 6.07) is 0.695. The predicted octanol–water partition coefficient (Wildman–Crippen LogP) is 7.75. The number of carbonyl (C=O) groups is 2. The predicted molar refractivity (Wildman–Crippen MR) is 173 cm³/mol. The van der Waals surface area contributed by atoms with Crippen LogP contribution in [0.5, 0.6) is 0 Å². The van der Waals surface area contributed by atoms with Crippen LogP contribution in [-0.2, 0) is 35.5 Å². The summed E-state index contributed by atoms with van der Waals surface area (Å²) in [7, 11) is 1.75. The van der Waals surface area contributed by atoms with Crippen LogP contribution in [0.3, 0.4) is 0 Å². The van der Waals surface area contributed by atoms with Gasteiger partial charge in [-0.2, -0.15) is 31.4 Å². The van der Waals surface area contributed by atoms with E-state index in [1.807, 2.05) is 18.7 Å². The van der Waals surface area contributed by atoms with E-state index in [0.29, 0.717) is 56.9 Å². The number of piperidine rings is 1. The van der Waals surface area contributed by atoms with Crippen LogP contribution in [0.25, 0.3) is 11.1 Å². The van der Waals surface area contributed by atoms with Gasteiger partial charge in [0.2, 0.25) is 11.9 Å². The molecule has 5 rings (SSSR count). The molecular weight excluding hydrogens is 666 g/mol. The maximum atomic E-state index is 14.0. The lowest BCUT2D eigenvalue weighted by Gasteiger charge is -2.49. The number of hydrogen-bond donors (Lipinski definition) is 1. The van der Waals surface area contributed by atoms with Gasteiger partial charge in [-0.05, 0) is 81.0 Å². The van der Waals surface area contributed by atoms with Crippen LogP contribution in [0.15, 0.2) is 43.0 Å². The molecule has 1 saturated heterocycles. The summed E-state index contributed by atoms with van der Waals surface area (Å²) in [6.45, 7) is 3.59. The Morgan fingerprint density at radius 3 is 1.88 bits per heavy atom. The lowest BCUT2D eigenvalue weighted by Crippen LogP contribution is -2.58. The zero-order chi connectivity index (χ0) is 36.4. The molecule has 1 N–H and O–H groups in total. The van der Waals surface area contributed by atoms with Crippen LogP contribution < -0.4 is 4.90 Å². The van der Waals surface area contributed by atoms with Crippen LogP contribution in [-0.4, -0.2) is 59.8 Å². The third-order valence-electron chi connectivity index (χ3n) is 10.1. The minimum absolute atomic E-state index is 0.0206. The molecule has 1 saturated carbocycles. The molecule has 0 spiro atoms. The molecule has 1 aromatic carbocycles. The molecule has 15 heteroatoms. The van der Waals surface area contributed by atoms with Crippen molar-refractivity contribution in [1.29, 1.82) is 0 Å². The summed E-state index contributed by atoms with van der Waals surface area (Å²) in [5, 5.41) is 13.3. The van der Waals surface area contributed by atoms with Gasteiger partial charge in [0.05, 0.1) is 17.3 Å². The highest BCUT2D eigenvalue weighted by molar-refractivity contribution is 5.80. The largest absolute Gasteiger partial charge is 0.481 e. The fraction of sp³-hybridized carbons (Fsp3) is 0.571. The highest BCUT2D eigenvalue weighted by Gasteiger charge is 2.43. The van der Waals surface area contributed by atoms with E-state index in [9.17, 15) is 41.0 Å². The van der Waals surface area contributed by atoms with Gasteiger partial charge in [-0.15, -0.1) is 0 Å². The van der Waals surface area contributed by atoms with E-state index in [0.717, 1.165) is 17.7 Å². The van der Waals surface area contributed by atoms with Crippen molar-refractivity contribution in [3.8, 4) is 11.1 Å². The average molecular weight is 709 g/mol. The first-order valence-electron chi connectivity index (χ1n) is 17.0. The van der Waals surface area contributed by atoms with Crippen molar-refractivity contribution in [1.82, 2.24) is 24.6 Å². The van der Waals surface area contributed by atoms with Crippen molar-refractivity contribution in [3.63, 3.8) is 0 Å². The van der Waals surface area contributed by atoms with Crippen molar-refractivity contribution in [2.45, 2.75) is 109 Å². The Hall–Kier alpha value is -4.17. The molecule has 2 fully saturated rings. The number of carbonyl (C=O) groups excluding carboxylic acids is 1. The lowest BCUT2D eigenvalue weighted by atomic mass is 9.78. The van der Waals surface area contributed by atoms with Gasteiger partial charge in [0.25, 0.3) is 0 Å². The molecule has 0 radical (unpaired) electrons. The van der Waals surface area contributed by atoms with Gasteiger partial charge in [-0.3, -0.25) is 14.3 Å². The van der Waals surface area contributed by atoms with Crippen molar-refractivity contribution in [2.24, 2.45) is 18.9 Å². The van der Waals surface area contributed by atoms with Crippen molar-refractivity contribution in [3.05, 3.63) is 59.7 Å². The standard InChI is InChI=1S/C35H42F6N6O3/c1-4-28-14-30(15-29(5-2)47(28)32(50)23-8-6-21(7-9-23)12-31(48)49)46(33-42-16-24(17-43-33)25-18-44-45(3)20-25)19-22-10-26(34(36,37)38)13-27(11-22)35(39,40)41/h10-11,13,16-18,20-21,23,28-30H,4-9,12,14-15,19H2,1-3H3,(H,48,49)/t21-,23-,28-,29+,30?. The molecule has 9 nitrogen and oxygen atoms in total. The number of aryl methyl sites for hydroxylation is 1. The molecule has 3 aromatic rings. The fourth-order valence-electron chi connectivity index (χ4n) is 7.52. The second kappa shape index (κ2) is 15.0. The Labute approximate surface area is 286 Å². The Morgan fingerprint density at radius 1 is 0.860 bits per heavy atom. The molecule has 1 aliphatic carbocycles. The second-order valence-electron chi connectivity index (χ2n) is 13.5. The van der Waals surface area contributed by atoms with E-state index in [-0.39, 0.29) is 60.4 Å². The monoisotopic (exact) mass is 708 g/mol. The maximum Gasteiger partial charge on any atom is 0.416 e. The number of aliphatic carboxylic acids is 1. The molecule has 272 valence electrons. The van der Waals surface area contributed by atoms with E-state index in [4.69, 9.17) is 0 Å². The number of aromatic nitrogens is 4. The normalized spacial score (nSPS) is 23.1. The van der Waals surface area contributed by atoms with Crippen LogP contribution in [0.2, 0.25) is 0 Å². The minimum Gasteiger partial charge on any atom is -0.481 e. The average Bonchev–Trinajstić information content (AvgIpc) is 3.51. The lowest BCUT2D eigenvalue weighted by molar-refractivity contribution is -0.145. The number of rotatable bonds is 10. The zero-order valence-electron chi connectivity index (χ0n) is 28.2. The molecule has 2 aliphatic rings. The Morgan fingerprint density at radius 2 is 1.42 bits per heavy atom. The molecule has 1 unspecified atom stereocenters. The number of carboxylic acid groups (broad SMARTS) is 1. The second-order valence-corrected chi connectivity index (χ2v) is 13.5. The number of amides is 1. The topological polar surface area (TPSA) is 104 Å². The molecule has 2 aromatic heterocycles. The Kier molecular flexibility index (Phi) is 11.1. The van der Waals surface area contributed by atoms with Gasteiger partial charge in [0.15, 0.2) is 0 Å². The Bertz CT molecular complexity index is 1590. The molecule has 3 atom stereocenters. The highest BCUT2D eigenvalue weighted by atomic mass is 19.4. The van der Waals surface area contributed by atoms with Crippen molar-refractivity contribution < 1.29 is 41.0 Å². The van der Waals surface area contributed by atoms with E-state index < -0.39 is 35.5 Å². The number of benzene rings is 1. The van der Waals surface area contributed by atoms with Gasteiger partial charge in [-0.25, -0.2) is 9.97 Å². The van der Waals surface area contributed by atoms with Crippen LogP contribution in [0, 0.1) is 11.8 Å². The number of carboxylic acids is 1.